The Kier molecular flexibility index (Phi) is 3.38. The fraction of sp³-hybridized carbons (Fsp3) is 0.0500. The van der Waals surface area contributed by atoms with Gasteiger partial charge in [0, 0.05) is 30.0 Å². The molecule has 0 fully saturated rings. The number of nitrogens with zero attached hydrogens (tertiary/aromatic N) is 3. The first-order chi connectivity index (χ1) is 12.9. The fourth-order valence-electron chi connectivity index (χ4n) is 3.08. The predicted molar refractivity (Wildman–Crippen MR) is 103 cm³/mol. The number of anilines is 1. The van der Waals surface area contributed by atoms with Gasteiger partial charge < -0.3 is 10.3 Å². The second-order valence-electron chi connectivity index (χ2n) is 6.15. The number of H-pyrrole nitrogens is 2. The maximum atomic E-state index is 4.69. The average molecular weight is 340 g/mol. The molecule has 0 saturated carbocycles. The number of aromatic amines is 2. The molecule has 5 rings (SSSR count). The third kappa shape index (κ3) is 2.57. The third-order valence-electron chi connectivity index (χ3n) is 4.40. The number of fused-ring (bicyclic) bond motifs is 2. The quantitative estimate of drug-likeness (QED) is 0.460. The van der Waals surface area contributed by atoms with Crippen molar-refractivity contribution in [1.29, 1.82) is 0 Å². The highest BCUT2D eigenvalue weighted by Gasteiger charge is 2.12. The third-order valence-corrected chi connectivity index (χ3v) is 4.40. The summed E-state index contributed by atoms with van der Waals surface area (Å²) in [6, 6.07) is 18.1. The summed E-state index contributed by atoms with van der Waals surface area (Å²) in [5.41, 5.74) is 5.90. The lowest BCUT2D eigenvalue weighted by Gasteiger charge is -2.05. The van der Waals surface area contributed by atoms with Gasteiger partial charge in [0.15, 0.2) is 5.82 Å². The molecular weight excluding hydrogens is 324 g/mol. The zero-order valence-corrected chi connectivity index (χ0v) is 13.9. The Balaban J connectivity index is 1.46. The van der Waals surface area contributed by atoms with E-state index in [1.165, 1.54) is 0 Å². The molecule has 0 aliphatic heterocycles. The van der Waals surface area contributed by atoms with Crippen LogP contribution in [0.5, 0.6) is 0 Å². The summed E-state index contributed by atoms with van der Waals surface area (Å²) in [5, 5.41) is 11.9. The Bertz CT molecular complexity index is 1190. The SMILES string of the molecule is c1cncc(CNc2ccc3nc(-c4n[nH]c5ccccc45)[nH]c3c2)c1. The summed E-state index contributed by atoms with van der Waals surface area (Å²) in [7, 11) is 0. The minimum Gasteiger partial charge on any atom is -0.381 e. The summed E-state index contributed by atoms with van der Waals surface area (Å²) in [6.45, 7) is 0.727. The van der Waals surface area contributed by atoms with Gasteiger partial charge in [-0.15, -0.1) is 0 Å². The fourth-order valence-corrected chi connectivity index (χ4v) is 3.08. The minimum absolute atomic E-state index is 0.727. The second-order valence-corrected chi connectivity index (χ2v) is 6.15. The van der Waals surface area contributed by atoms with Crippen LogP contribution in [0.15, 0.2) is 67.0 Å². The molecule has 26 heavy (non-hydrogen) atoms. The number of nitrogens with one attached hydrogen (secondary N) is 3. The number of rotatable bonds is 4. The van der Waals surface area contributed by atoms with Crippen LogP contribution in [0, 0.1) is 0 Å². The number of hydrogen-bond donors (Lipinski definition) is 3. The Hall–Kier alpha value is -3.67. The summed E-state index contributed by atoms with van der Waals surface area (Å²) in [4.78, 5) is 12.2. The highest BCUT2D eigenvalue weighted by atomic mass is 15.1. The minimum atomic E-state index is 0.727. The van der Waals surface area contributed by atoms with Crippen molar-refractivity contribution in [1.82, 2.24) is 25.1 Å². The van der Waals surface area contributed by atoms with Crippen LogP contribution in [0.1, 0.15) is 5.56 Å². The summed E-state index contributed by atoms with van der Waals surface area (Å²) in [5.74, 6) is 0.766. The van der Waals surface area contributed by atoms with Gasteiger partial charge in [-0.2, -0.15) is 5.10 Å². The molecule has 3 heterocycles. The van der Waals surface area contributed by atoms with Crippen LogP contribution in [-0.2, 0) is 6.54 Å². The molecule has 2 aromatic carbocycles. The van der Waals surface area contributed by atoms with E-state index in [0.29, 0.717) is 0 Å². The van der Waals surface area contributed by atoms with E-state index in [1.807, 2.05) is 48.7 Å². The van der Waals surface area contributed by atoms with E-state index in [9.17, 15) is 0 Å². The van der Waals surface area contributed by atoms with Gasteiger partial charge in [-0.3, -0.25) is 10.1 Å². The van der Waals surface area contributed by atoms with Crippen molar-refractivity contribution in [2.75, 3.05) is 5.32 Å². The Morgan fingerprint density at radius 2 is 1.92 bits per heavy atom. The molecule has 6 nitrogen and oxygen atoms in total. The number of hydrogen-bond acceptors (Lipinski definition) is 4. The number of benzene rings is 2. The molecule has 0 aliphatic rings. The van der Waals surface area contributed by atoms with Crippen molar-refractivity contribution in [3.05, 3.63) is 72.6 Å². The summed E-state index contributed by atoms with van der Waals surface area (Å²) in [6.07, 6.45) is 3.64. The topological polar surface area (TPSA) is 82.3 Å². The van der Waals surface area contributed by atoms with Crippen LogP contribution in [0.4, 0.5) is 5.69 Å². The van der Waals surface area contributed by atoms with Crippen molar-refractivity contribution < 1.29 is 0 Å². The molecular formula is C20H16N6. The zero-order valence-electron chi connectivity index (χ0n) is 13.9. The van der Waals surface area contributed by atoms with Gasteiger partial charge in [-0.25, -0.2) is 4.98 Å². The molecule has 0 radical (unpaired) electrons. The van der Waals surface area contributed by atoms with Crippen molar-refractivity contribution in [3.63, 3.8) is 0 Å². The monoisotopic (exact) mass is 340 g/mol. The molecule has 0 aliphatic carbocycles. The molecule has 0 amide bonds. The number of imidazole rings is 1. The van der Waals surface area contributed by atoms with E-state index < -0.39 is 0 Å². The normalized spacial score (nSPS) is 11.2. The largest absolute Gasteiger partial charge is 0.381 e. The first-order valence-corrected chi connectivity index (χ1v) is 8.43. The summed E-state index contributed by atoms with van der Waals surface area (Å²) >= 11 is 0. The first-order valence-electron chi connectivity index (χ1n) is 8.43. The van der Waals surface area contributed by atoms with Gasteiger partial charge in [-0.05, 0) is 35.9 Å². The molecule has 0 unspecified atom stereocenters. The van der Waals surface area contributed by atoms with Gasteiger partial charge in [0.05, 0.1) is 16.6 Å². The van der Waals surface area contributed by atoms with Crippen molar-refractivity contribution in [3.8, 4) is 11.5 Å². The average Bonchev–Trinajstić information content (AvgIpc) is 3.30. The van der Waals surface area contributed by atoms with Crippen LogP contribution in [-0.4, -0.2) is 25.1 Å². The van der Waals surface area contributed by atoms with E-state index in [4.69, 9.17) is 0 Å². The van der Waals surface area contributed by atoms with E-state index >= 15 is 0 Å². The molecule has 0 saturated heterocycles. The second kappa shape index (κ2) is 6.00. The molecule has 3 N–H and O–H groups in total. The standard InChI is InChI=1S/C20H16N6/c1-2-6-16-15(5-1)19(26-25-16)20-23-17-8-7-14(10-18(17)24-20)22-12-13-4-3-9-21-11-13/h1-11,22H,12H2,(H,23,24)(H,25,26). The van der Waals surface area contributed by atoms with Gasteiger partial charge in [0.1, 0.15) is 5.69 Å². The van der Waals surface area contributed by atoms with E-state index in [-0.39, 0.29) is 0 Å². The smallest absolute Gasteiger partial charge is 0.159 e. The van der Waals surface area contributed by atoms with Crippen LogP contribution in [0.3, 0.4) is 0 Å². The maximum absolute atomic E-state index is 4.69. The first kappa shape index (κ1) is 14.7. The molecule has 0 spiro atoms. The summed E-state index contributed by atoms with van der Waals surface area (Å²) < 4.78 is 0. The van der Waals surface area contributed by atoms with Gasteiger partial charge in [0.25, 0.3) is 0 Å². The number of pyridine rings is 1. The molecule has 5 aromatic rings. The lowest BCUT2D eigenvalue weighted by Crippen LogP contribution is -1.99. The van der Waals surface area contributed by atoms with E-state index in [0.717, 1.165) is 51.3 Å². The number of aromatic nitrogens is 5. The van der Waals surface area contributed by atoms with E-state index in [2.05, 4.69) is 42.6 Å². The Morgan fingerprint density at radius 1 is 0.962 bits per heavy atom. The zero-order chi connectivity index (χ0) is 17.3. The molecule has 6 heteroatoms. The van der Waals surface area contributed by atoms with Crippen LogP contribution < -0.4 is 5.32 Å². The lowest BCUT2D eigenvalue weighted by molar-refractivity contribution is 1.10. The molecule has 0 bridgehead atoms. The van der Waals surface area contributed by atoms with Crippen LogP contribution >= 0.6 is 0 Å². The predicted octanol–water partition coefficient (Wildman–Crippen LogP) is 4.11. The van der Waals surface area contributed by atoms with Gasteiger partial charge in [-0.1, -0.05) is 24.3 Å². The van der Waals surface area contributed by atoms with Crippen molar-refractivity contribution >= 4 is 27.6 Å². The molecule has 3 aromatic heterocycles. The van der Waals surface area contributed by atoms with Crippen molar-refractivity contribution in [2.24, 2.45) is 0 Å². The number of para-hydroxylation sites is 1. The molecule has 126 valence electrons. The Labute approximate surface area is 149 Å². The highest BCUT2D eigenvalue weighted by Crippen LogP contribution is 2.27. The van der Waals surface area contributed by atoms with Crippen LogP contribution in [0.25, 0.3) is 33.5 Å². The maximum Gasteiger partial charge on any atom is 0.159 e. The Morgan fingerprint density at radius 3 is 2.85 bits per heavy atom. The van der Waals surface area contributed by atoms with E-state index in [1.54, 1.807) is 6.20 Å². The van der Waals surface area contributed by atoms with Crippen LogP contribution in [0.2, 0.25) is 0 Å². The van der Waals surface area contributed by atoms with Crippen molar-refractivity contribution in [2.45, 2.75) is 6.54 Å². The van der Waals surface area contributed by atoms with Gasteiger partial charge >= 0.3 is 0 Å². The highest BCUT2D eigenvalue weighted by molar-refractivity contribution is 5.93. The lowest BCUT2D eigenvalue weighted by atomic mass is 10.2. The van der Waals surface area contributed by atoms with Gasteiger partial charge in [0.2, 0.25) is 0 Å². The molecule has 0 atom stereocenters.